The summed E-state index contributed by atoms with van der Waals surface area (Å²) in [6.07, 6.45) is -8.39. The molecule has 6 rings (SSSR count). The van der Waals surface area contributed by atoms with Gasteiger partial charge in [-0.3, -0.25) is 19.2 Å². The number of esters is 4. The van der Waals surface area contributed by atoms with E-state index in [4.69, 9.17) is 33.1 Å². The van der Waals surface area contributed by atoms with Gasteiger partial charge in [0.05, 0.1) is 29.3 Å². The molecule has 0 spiro atoms. The number of hydrogen-bond acceptors (Lipinski definition) is 17. The molecule has 60 heavy (non-hydrogen) atoms. The van der Waals surface area contributed by atoms with E-state index in [-0.39, 0.29) is 28.9 Å². The van der Waals surface area contributed by atoms with Crippen LogP contribution in [0.4, 0.5) is 4.79 Å². The van der Waals surface area contributed by atoms with Gasteiger partial charge in [-0.2, -0.15) is 4.89 Å². The molecule has 2 aromatic rings. The summed E-state index contributed by atoms with van der Waals surface area (Å²) in [6.45, 7) is 9.93. The summed E-state index contributed by atoms with van der Waals surface area (Å²) in [5.41, 5.74) is -6.25. The number of carbonyl (C=O) groups is 6. The largest absolute Gasteiger partial charge is 0.467 e. The minimum atomic E-state index is -2.47. The summed E-state index contributed by atoms with van der Waals surface area (Å²) in [6, 6.07) is 9.22. The van der Waals surface area contributed by atoms with Crippen LogP contribution in [0.25, 0.3) is 0 Å². The number of Topliss-reactive ketones (excluding diaryl/α,β-unsaturated/α-hetero) is 1. The number of aliphatic hydroxyl groups excluding tert-OH is 2. The molecule has 1 saturated heterocycles. The van der Waals surface area contributed by atoms with E-state index in [1.165, 1.54) is 58.2 Å². The van der Waals surface area contributed by atoms with E-state index in [0.717, 1.165) is 38.5 Å². The predicted molar refractivity (Wildman–Crippen MR) is 208 cm³/mol. The third-order valence-corrected chi connectivity index (χ3v) is 13.3. The first-order chi connectivity index (χ1) is 28.2. The Labute approximate surface area is 350 Å². The maximum atomic E-state index is 15.4. The zero-order valence-electron chi connectivity index (χ0n) is 34.3. The topological polar surface area (TPSA) is 244 Å². The van der Waals surface area contributed by atoms with Crippen molar-refractivity contribution in [3.8, 4) is 0 Å². The Bertz CT molecular complexity index is 2020. The van der Waals surface area contributed by atoms with Crippen molar-refractivity contribution in [1.82, 2.24) is 5.32 Å². The maximum Gasteiger partial charge on any atom is 0.338 e. The number of fused-ring (bicyclic) bond motifs is 5. The summed E-state index contributed by atoms with van der Waals surface area (Å²) >= 11 is 0.954. The third kappa shape index (κ3) is 7.66. The number of amides is 1. The highest BCUT2D eigenvalue weighted by Crippen LogP contribution is 2.64. The van der Waals surface area contributed by atoms with E-state index in [0.29, 0.717) is 5.75 Å². The predicted octanol–water partition coefficient (Wildman–Crippen LogP) is 4.03. The van der Waals surface area contributed by atoms with E-state index in [9.17, 15) is 39.3 Å². The van der Waals surface area contributed by atoms with Gasteiger partial charge in [0.2, 0.25) is 0 Å². The Kier molecular flexibility index (Phi) is 12.8. The van der Waals surface area contributed by atoms with E-state index >= 15 is 4.79 Å². The van der Waals surface area contributed by atoms with Gasteiger partial charge in [0, 0.05) is 37.9 Å². The first kappa shape index (κ1) is 44.9. The quantitative estimate of drug-likeness (QED) is 0.0774. The molecule has 4 N–H and O–H groups in total. The molecule has 2 heterocycles. The van der Waals surface area contributed by atoms with Crippen LogP contribution in [0, 0.1) is 16.7 Å². The van der Waals surface area contributed by atoms with Gasteiger partial charge in [0.15, 0.2) is 24.1 Å². The number of nitrogens with one attached hydrogen (secondary N) is 1. The molecule has 2 saturated carbocycles. The lowest BCUT2D eigenvalue weighted by Gasteiger charge is -2.66. The molecule has 18 heteroatoms. The summed E-state index contributed by atoms with van der Waals surface area (Å²) in [7, 11) is 0. The van der Waals surface area contributed by atoms with E-state index in [1.807, 2.05) is 6.92 Å². The Morgan fingerprint density at radius 1 is 1.00 bits per heavy atom. The fourth-order valence-corrected chi connectivity index (χ4v) is 10.00. The van der Waals surface area contributed by atoms with Gasteiger partial charge >= 0.3 is 23.9 Å². The van der Waals surface area contributed by atoms with Crippen molar-refractivity contribution >= 4 is 46.7 Å². The molecule has 1 aromatic carbocycles. The molecule has 4 aliphatic rings. The number of rotatable bonds is 12. The zero-order valence-corrected chi connectivity index (χ0v) is 35.1. The van der Waals surface area contributed by atoms with Crippen molar-refractivity contribution < 1.29 is 77.2 Å². The van der Waals surface area contributed by atoms with Crippen LogP contribution >= 0.6 is 11.8 Å². The van der Waals surface area contributed by atoms with E-state index in [2.05, 4.69) is 5.32 Å². The minimum Gasteiger partial charge on any atom is -0.467 e. The highest BCUT2D eigenvalue weighted by Gasteiger charge is 2.80. The molecule has 3 aliphatic carbocycles. The highest BCUT2D eigenvalue weighted by molar-refractivity contribution is 8.13. The van der Waals surface area contributed by atoms with Crippen LogP contribution in [-0.4, -0.2) is 104 Å². The van der Waals surface area contributed by atoms with Gasteiger partial charge in [-0.25, -0.2) is 14.5 Å². The number of ether oxygens (including phenoxy) is 4. The molecule has 1 aliphatic heterocycles. The fourth-order valence-electron chi connectivity index (χ4n) is 9.17. The SMILES string of the molecule is CCCCSC(=O)N[C@@H](c1ccco1)[C@@H](O)C(=O)O[C@H]1C[C@@]2(O)[C@@H](OC(=O)c3ccccc3)[C@@H]3[C@]4(OC(C)=O)OO[C@@H]4C[C@H](O)[C@@]3(C)C(=O)[C@H](OC(C)=O)C(=C1C)C2(C)C. The van der Waals surface area contributed by atoms with Crippen LogP contribution in [0.15, 0.2) is 64.3 Å². The standard InChI is InChI=1S/C42H51NO16S/c1-8-9-18-60-38(51)43-30(25-16-13-17-53-25)31(47)37(50)55-26-20-41(52)35(56-36(49)24-14-11-10-12-15-24)33-40(7,27(46)19-28-42(33,59-58-28)57-23(4)45)34(48)32(54-22(3)44)29(21(26)2)39(41,5)6/h10-17,26-28,30-33,35,46-47,52H,8-9,18-20H2,1-7H3,(H,43,51)/t26-,27-,28+,30-,31+,32+,33-,35-,40+,41+,42+/m0/s1. The van der Waals surface area contributed by atoms with Gasteiger partial charge in [-0.05, 0) is 55.7 Å². The number of thioether (sulfide) groups is 1. The van der Waals surface area contributed by atoms with Crippen molar-refractivity contribution in [2.45, 2.75) is 128 Å². The van der Waals surface area contributed by atoms with E-state index < -0.39 is 112 Å². The Hall–Kier alpha value is -4.59. The average molecular weight is 858 g/mol. The zero-order chi connectivity index (χ0) is 43.9. The lowest BCUT2D eigenvalue weighted by Crippen LogP contribution is -2.81. The second kappa shape index (κ2) is 17.1. The molecule has 3 fully saturated rings. The molecule has 0 radical (unpaired) electrons. The number of ketones is 1. The molecular weight excluding hydrogens is 807 g/mol. The van der Waals surface area contributed by atoms with Crippen molar-refractivity contribution in [2.24, 2.45) is 16.7 Å². The normalized spacial score (nSPS) is 32.7. The number of aliphatic hydroxyl groups is 3. The number of carbonyl (C=O) groups excluding carboxylic acids is 6. The van der Waals surface area contributed by atoms with Gasteiger partial charge in [0.1, 0.15) is 29.6 Å². The third-order valence-electron chi connectivity index (χ3n) is 12.4. The van der Waals surface area contributed by atoms with Gasteiger partial charge in [-0.1, -0.05) is 57.2 Å². The molecule has 1 aromatic heterocycles. The summed E-state index contributed by atoms with van der Waals surface area (Å²) in [5.74, 6) is -8.57. The van der Waals surface area contributed by atoms with Crippen LogP contribution < -0.4 is 5.32 Å². The first-order valence-corrected chi connectivity index (χ1v) is 20.7. The average Bonchev–Trinajstić information content (AvgIpc) is 3.73. The minimum absolute atomic E-state index is 0.0275. The van der Waals surface area contributed by atoms with Crippen molar-refractivity contribution in [3.63, 3.8) is 0 Å². The second-order valence-corrected chi connectivity index (χ2v) is 17.5. The fraction of sp³-hybridized carbons (Fsp3) is 0.571. The van der Waals surface area contributed by atoms with Gasteiger partial charge in [-0.15, -0.1) is 0 Å². The molecule has 1 amide bonds. The maximum absolute atomic E-state index is 15.4. The summed E-state index contributed by atoms with van der Waals surface area (Å²) in [5, 5.41) is 39.1. The van der Waals surface area contributed by atoms with Crippen LogP contribution in [-0.2, 0) is 47.9 Å². The van der Waals surface area contributed by atoms with Gasteiger partial charge in [0.25, 0.3) is 11.0 Å². The van der Waals surface area contributed by atoms with E-state index in [1.54, 1.807) is 18.2 Å². The highest BCUT2D eigenvalue weighted by atomic mass is 32.2. The van der Waals surface area contributed by atoms with Crippen molar-refractivity contribution in [3.05, 3.63) is 71.2 Å². The smallest absolute Gasteiger partial charge is 0.338 e. The van der Waals surface area contributed by atoms with Crippen LogP contribution in [0.3, 0.4) is 0 Å². The molecule has 326 valence electrons. The van der Waals surface area contributed by atoms with Crippen LogP contribution in [0.1, 0.15) is 96.3 Å². The second-order valence-electron chi connectivity index (χ2n) is 16.4. The molecule has 11 atom stereocenters. The van der Waals surface area contributed by atoms with Gasteiger partial charge < -0.3 is 44.0 Å². The van der Waals surface area contributed by atoms with Crippen molar-refractivity contribution in [2.75, 3.05) is 5.75 Å². The number of benzene rings is 1. The molecule has 17 nitrogen and oxygen atoms in total. The summed E-state index contributed by atoms with van der Waals surface area (Å²) < 4.78 is 29.3. The molecule has 2 bridgehead atoms. The number of furan rings is 1. The lowest BCUT2D eigenvalue weighted by atomic mass is 9.46. The summed E-state index contributed by atoms with van der Waals surface area (Å²) in [4.78, 5) is 93.3. The Balaban J connectivity index is 1.52. The van der Waals surface area contributed by atoms with Crippen LogP contribution in [0.5, 0.6) is 0 Å². The Morgan fingerprint density at radius 3 is 2.28 bits per heavy atom. The Morgan fingerprint density at radius 2 is 1.70 bits per heavy atom. The first-order valence-electron chi connectivity index (χ1n) is 19.7. The monoisotopic (exact) mass is 857 g/mol. The molecular formula is C42H51NO16S. The lowest BCUT2D eigenvalue weighted by molar-refractivity contribution is -0.595. The molecule has 0 unspecified atom stereocenters. The van der Waals surface area contributed by atoms with Crippen LogP contribution in [0.2, 0.25) is 0 Å². The van der Waals surface area contributed by atoms with Crippen molar-refractivity contribution in [1.29, 1.82) is 0 Å². The number of unbranched alkanes of at least 4 members (excludes halogenated alkanes) is 1. The number of hydrogen-bond donors (Lipinski definition) is 4.